The van der Waals surface area contributed by atoms with Gasteiger partial charge in [-0.2, -0.15) is 0 Å². The maximum Gasteiger partial charge on any atom is 0.262 e. The van der Waals surface area contributed by atoms with E-state index >= 15 is 0 Å². The van der Waals surface area contributed by atoms with Crippen LogP contribution in [0.2, 0.25) is 0 Å². The van der Waals surface area contributed by atoms with E-state index in [1.54, 1.807) is 30.3 Å². The minimum atomic E-state index is -4.01. The largest absolute Gasteiger partial charge is 0.495 e. The van der Waals surface area contributed by atoms with Crippen molar-refractivity contribution in [2.24, 2.45) is 0 Å². The zero-order valence-electron chi connectivity index (χ0n) is 18.7. The molecule has 0 heterocycles. The lowest BCUT2D eigenvalue weighted by Gasteiger charge is -2.14. The molecule has 0 aromatic heterocycles. The Morgan fingerprint density at radius 1 is 0.941 bits per heavy atom. The van der Waals surface area contributed by atoms with E-state index in [-0.39, 0.29) is 22.9 Å². The van der Waals surface area contributed by atoms with Crippen molar-refractivity contribution in [2.75, 3.05) is 30.4 Å². The topological polar surface area (TPSA) is 103 Å². The van der Waals surface area contributed by atoms with E-state index in [0.29, 0.717) is 23.8 Å². The number of anilines is 2. The summed E-state index contributed by atoms with van der Waals surface area (Å²) < 4.78 is 57.0. The van der Waals surface area contributed by atoms with Crippen LogP contribution < -0.4 is 24.2 Å². The molecular weight excluding hydrogens is 463 g/mol. The van der Waals surface area contributed by atoms with Gasteiger partial charge in [0, 0.05) is 5.69 Å². The quantitative estimate of drug-likeness (QED) is 0.414. The summed E-state index contributed by atoms with van der Waals surface area (Å²) in [4.78, 5) is 12.2. The van der Waals surface area contributed by atoms with Gasteiger partial charge in [0.05, 0.1) is 24.3 Å². The van der Waals surface area contributed by atoms with Crippen molar-refractivity contribution in [3.63, 3.8) is 0 Å². The summed E-state index contributed by atoms with van der Waals surface area (Å²) in [5, 5.41) is 2.65. The molecule has 0 aliphatic carbocycles. The Bertz CT molecular complexity index is 1220. The number of ether oxygens (including phenoxy) is 3. The standard InChI is InChI=1S/C24H25FN2O6S/c1-3-14-32-19-7-9-20(10-8-19)33-16-24(28)26-18-6-13-23(31-2)22(15-18)27-34(29,30)21-11-4-17(25)5-12-21/h4-13,15,27H,3,14,16H2,1-2H3,(H,26,28). The van der Waals surface area contributed by atoms with Crippen molar-refractivity contribution in [1.29, 1.82) is 0 Å². The van der Waals surface area contributed by atoms with Crippen LogP contribution in [0.4, 0.5) is 15.8 Å². The summed E-state index contributed by atoms with van der Waals surface area (Å²) in [5.74, 6) is 0.465. The number of carbonyl (C=O) groups excluding carboxylic acids is 1. The normalized spacial score (nSPS) is 10.9. The van der Waals surface area contributed by atoms with Crippen molar-refractivity contribution < 1.29 is 31.8 Å². The van der Waals surface area contributed by atoms with Crippen LogP contribution in [-0.2, 0) is 14.8 Å². The molecule has 1 amide bonds. The second kappa shape index (κ2) is 11.4. The second-order valence-electron chi connectivity index (χ2n) is 7.13. The van der Waals surface area contributed by atoms with E-state index < -0.39 is 21.7 Å². The molecule has 3 aromatic rings. The molecule has 0 aliphatic rings. The number of hydrogen-bond acceptors (Lipinski definition) is 6. The van der Waals surface area contributed by atoms with E-state index in [2.05, 4.69) is 10.0 Å². The van der Waals surface area contributed by atoms with Gasteiger partial charge in [0.2, 0.25) is 0 Å². The molecule has 180 valence electrons. The van der Waals surface area contributed by atoms with E-state index in [0.717, 1.165) is 30.7 Å². The van der Waals surface area contributed by atoms with E-state index in [1.165, 1.54) is 19.2 Å². The number of hydrogen-bond donors (Lipinski definition) is 2. The van der Waals surface area contributed by atoms with Gasteiger partial charge in [-0.3, -0.25) is 9.52 Å². The average molecular weight is 489 g/mol. The van der Waals surface area contributed by atoms with E-state index in [1.807, 2.05) is 6.92 Å². The summed E-state index contributed by atoms with van der Waals surface area (Å²) in [7, 11) is -2.62. The molecule has 8 nitrogen and oxygen atoms in total. The fourth-order valence-electron chi connectivity index (χ4n) is 2.88. The fourth-order valence-corrected chi connectivity index (χ4v) is 3.94. The van der Waals surface area contributed by atoms with Crippen molar-refractivity contribution >= 4 is 27.3 Å². The van der Waals surface area contributed by atoms with Crippen LogP contribution in [0.1, 0.15) is 13.3 Å². The maximum absolute atomic E-state index is 13.1. The van der Waals surface area contributed by atoms with Crippen LogP contribution >= 0.6 is 0 Å². The molecular formula is C24H25FN2O6S. The Morgan fingerprint density at radius 2 is 1.59 bits per heavy atom. The first kappa shape index (κ1) is 24.8. The SMILES string of the molecule is CCCOc1ccc(OCC(=O)Nc2ccc(OC)c(NS(=O)(=O)c3ccc(F)cc3)c2)cc1. The van der Waals surface area contributed by atoms with Crippen LogP contribution in [0.3, 0.4) is 0 Å². The van der Waals surface area contributed by atoms with Gasteiger partial charge in [-0.15, -0.1) is 0 Å². The van der Waals surface area contributed by atoms with Crippen LogP contribution in [0.15, 0.2) is 71.6 Å². The lowest BCUT2D eigenvalue weighted by molar-refractivity contribution is -0.118. The molecule has 0 spiro atoms. The van der Waals surface area contributed by atoms with Gasteiger partial charge in [0.15, 0.2) is 6.61 Å². The summed E-state index contributed by atoms with van der Waals surface area (Å²) in [6.07, 6.45) is 0.902. The molecule has 0 saturated carbocycles. The first-order valence-electron chi connectivity index (χ1n) is 10.4. The van der Waals surface area contributed by atoms with Crippen LogP contribution in [0, 0.1) is 5.82 Å². The van der Waals surface area contributed by atoms with Crippen molar-refractivity contribution in [3.05, 3.63) is 72.5 Å². The Morgan fingerprint density at radius 3 is 2.21 bits per heavy atom. The molecule has 3 aromatic carbocycles. The zero-order valence-corrected chi connectivity index (χ0v) is 19.5. The van der Waals surface area contributed by atoms with Crippen molar-refractivity contribution in [1.82, 2.24) is 0 Å². The fraction of sp³-hybridized carbons (Fsp3) is 0.208. The van der Waals surface area contributed by atoms with Gasteiger partial charge in [-0.1, -0.05) is 6.92 Å². The predicted molar refractivity (Wildman–Crippen MR) is 127 cm³/mol. The second-order valence-corrected chi connectivity index (χ2v) is 8.81. The minimum Gasteiger partial charge on any atom is -0.495 e. The van der Waals surface area contributed by atoms with Gasteiger partial charge in [0.1, 0.15) is 23.1 Å². The summed E-state index contributed by atoms with van der Waals surface area (Å²) >= 11 is 0. The van der Waals surface area contributed by atoms with Crippen LogP contribution in [-0.4, -0.2) is 34.6 Å². The lowest BCUT2D eigenvalue weighted by Crippen LogP contribution is -2.20. The number of amides is 1. The Hall–Kier alpha value is -3.79. The number of nitrogens with one attached hydrogen (secondary N) is 2. The first-order valence-corrected chi connectivity index (χ1v) is 11.9. The number of sulfonamides is 1. The Balaban J connectivity index is 1.64. The van der Waals surface area contributed by atoms with E-state index in [9.17, 15) is 17.6 Å². The molecule has 0 saturated heterocycles. The molecule has 0 bridgehead atoms. The van der Waals surface area contributed by atoms with Gasteiger partial charge >= 0.3 is 0 Å². The maximum atomic E-state index is 13.1. The van der Waals surface area contributed by atoms with Crippen molar-refractivity contribution in [3.8, 4) is 17.2 Å². The van der Waals surface area contributed by atoms with Crippen LogP contribution in [0.25, 0.3) is 0 Å². The monoisotopic (exact) mass is 488 g/mol. The smallest absolute Gasteiger partial charge is 0.262 e. The third-order valence-corrected chi connectivity index (χ3v) is 5.90. The highest BCUT2D eigenvalue weighted by atomic mass is 32.2. The number of benzene rings is 3. The summed E-state index contributed by atoms with van der Waals surface area (Å²) in [6.45, 7) is 2.38. The third kappa shape index (κ3) is 6.85. The lowest BCUT2D eigenvalue weighted by atomic mass is 10.2. The molecule has 0 radical (unpaired) electrons. The van der Waals surface area contributed by atoms with Gasteiger partial charge in [-0.05, 0) is 73.2 Å². The molecule has 0 fully saturated rings. The first-order chi connectivity index (χ1) is 16.3. The van der Waals surface area contributed by atoms with Gasteiger partial charge in [-0.25, -0.2) is 12.8 Å². The molecule has 0 unspecified atom stereocenters. The molecule has 2 N–H and O–H groups in total. The van der Waals surface area contributed by atoms with Crippen molar-refractivity contribution in [2.45, 2.75) is 18.2 Å². The van der Waals surface area contributed by atoms with Gasteiger partial charge in [0.25, 0.3) is 15.9 Å². The highest BCUT2D eigenvalue weighted by molar-refractivity contribution is 7.92. The summed E-state index contributed by atoms with van der Waals surface area (Å²) in [5.41, 5.74) is 0.433. The molecule has 3 rings (SSSR count). The highest BCUT2D eigenvalue weighted by Gasteiger charge is 2.17. The van der Waals surface area contributed by atoms with Gasteiger partial charge < -0.3 is 19.5 Å². The zero-order chi connectivity index (χ0) is 24.6. The number of methoxy groups -OCH3 is 1. The minimum absolute atomic E-state index is 0.105. The third-order valence-electron chi connectivity index (χ3n) is 4.52. The van der Waals surface area contributed by atoms with E-state index in [4.69, 9.17) is 14.2 Å². The summed E-state index contributed by atoms with van der Waals surface area (Å²) in [6, 6.07) is 15.8. The Kier molecular flexibility index (Phi) is 8.31. The number of rotatable bonds is 11. The van der Waals surface area contributed by atoms with Crippen LogP contribution in [0.5, 0.6) is 17.2 Å². The highest BCUT2D eigenvalue weighted by Crippen LogP contribution is 2.30. The molecule has 34 heavy (non-hydrogen) atoms. The number of carbonyl (C=O) groups is 1. The molecule has 10 heteroatoms. The molecule has 0 atom stereocenters. The predicted octanol–water partition coefficient (Wildman–Crippen LogP) is 4.44. The average Bonchev–Trinajstić information content (AvgIpc) is 2.82. The number of halogens is 1. The Labute approximate surface area is 197 Å². The molecule has 0 aliphatic heterocycles.